The summed E-state index contributed by atoms with van der Waals surface area (Å²) in [6.07, 6.45) is 6.38. The minimum absolute atomic E-state index is 0.168. The summed E-state index contributed by atoms with van der Waals surface area (Å²) < 4.78 is 0. The van der Waals surface area contributed by atoms with Gasteiger partial charge in [-0.2, -0.15) is 0 Å². The van der Waals surface area contributed by atoms with Gasteiger partial charge in [0, 0.05) is 12.0 Å². The minimum atomic E-state index is 0.168. The number of allylic oxidation sites excluding steroid dienone is 4. The molecular formula is C14H16O. The van der Waals surface area contributed by atoms with Crippen LogP contribution in [0.5, 0.6) is 0 Å². The summed E-state index contributed by atoms with van der Waals surface area (Å²) in [4.78, 5) is 11.8. The van der Waals surface area contributed by atoms with Gasteiger partial charge in [-0.05, 0) is 19.4 Å². The maximum Gasteiger partial charge on any atom is 0.167 e. The third-order valence-corrected chi connectivity index (χ3v) is 2.21. The van der Waals surface area contributed by atoms with Gasteiger partial charge in [0.15, 0.2) is 5.78 Å². The predicted molar refractivity (Wildman–Crippen MR) is 64.0 cm³/mol. The number of hydrogen-bond acceptors (Lipinski definition) is 1. The summed E-state index contributed by atoms with van der Waals surface area (Å²) in [5, 5.41) is 0. The van der Waals surface area contributed by atoms with Crippen molar-refractivity contribution in [1.82, 2.24) is 0 Å². The van der Waals surface area contributed by atoms with Crippen molar-refractivity contribution in [2.24, 2.45) is 0 Å². The molecule has 78 valence electrons. The lowest BCUT2D eigenvalue weighted by Gasteiger charge is -2.01. The number of hydrogen-bond donors (Lipinski definition) is 0. The highest BCUT2D eigenvalue weighted by Crippen LogP contribution is 2.10. The van der Waals surface area contributed by atoms with E-state index < -0.39 is 0 Å². The van der Waals surface area contributed by atoms with Gasteiger partial charge in [0.05, 0.1) is 0 Å². The van der Waals surface area contributed by atoms with Crippen LogP contribution in [0.25, 0.3) is 0 Å². The van der Waals surface area contributed by atoms with E-state index in [1.165, 1.54) is 0 Å². The lowest BCUT2D eigenvalue weighted by atomic mass is 10.0. The first-order chi connectivity index (χ1) is 7.27. The standard InChI is InChI=1S/C14H16O/c1-3-8-12(4-2)11-14(15)13-9-6-5-7-10-13/h3-10H,11H2,1-2H3/b8-3-,12-4+. The second-order valence-electron chi connectivity index (χ2n) is 3.33. The van der Waals surface area contributed by atoms with E-state index in [1.54, 1.807) is 0 Å². The van der Waals surface area contributed by atoms with Gasteiger partial charge < -0.3 is 0 Å². The second-order valence-corrected chi connectivity index (χ2v) is 3.33. The van der Waals surface area contributed by atoms with Crippen molar-refractivity contribution in [3.8, 4) is 0 Å². The van der Waals surface area contributed by atoms with Gasteiger partial charge in [-0.3, -0.25) is 4.79 Å². The molecular weight excluding hydrogens is 184 g/mol. The van der Waals surface area contributed by atoms with Gasteiger partial charge in [0.25, 0.3) is 0 Å². The molecule has 0 amide bonds. The van der Waals surface area contributed by atoms with Crippen molar-refractivity contribution in [2.75, 3.05) is 0 Å². The van der Waals surface area contributed by atoms with Crippen LogP contribution in [0.2, 0.25) is 0 Å². The lowest BCUT2D eigenvalue weighted by molar-refractivity contribution is 0.0994. The van der Waals surface area contributed by atoms with Crippen molar-refractivity contribution >= 4 is 5.78 Å². The minimum Gasteiger partial charge on any atom is -0.294 e. The molecule has 0 saturated heterocycles. The highest BCUT2D eigenvalue weighted by atomic mass is 16.1. The van der Waals surface area contributed by atoms with Gasteiger partial charge >= 0.3 is 0 Å². The van der Waals surface area contributed by atoms with Crippen molar-refractivity contribution in [2.45, 2.75) is 20.3 Å². The molecule has 0 heterocycles. The third-order valence-electron chi connectivity index (χ3n) is 2.21. The maximum absolute atomic E-state index is 11.8. The number of rotatable bonds is 4. The van der Waals surface area contributed by atoms with E-state index in [0.717, 1.165) is 11.1 Å². The highest BCUT2D eigenvalue weighted by Gasteiger charge is 2.05. The molecule has 0 spiro atoms. The Morgan fingerprint density at radius 2 is 1.87 bits per heavy atom. The monoisotopic (exact) mass is 200 g/mol. The van der Waals surface area contributed by atoms with E-state index in [0.29, 0.717) is 6.42 Å². The van der Waals surface area contributed by atoms with Crippen LogP contribution in [-0.4, -0.2) is 5.78 Å². The van der Waals surface area contributed by atoms with E-state index in [4.69, 9.17) is 0 Å². The average molecular weight is 200 g/mol. The predicted octanol–water partition coefficient (Wildman–Crippen LogP) is 3.78. The second kappa shape index (κ2) is 5.97. The normalized spacial score (nSPS) is 12.0. The lowest BCUT2D eigenvalue weighted by Crippen LogP contribution is -1.99. The molecule has 0 atom stereocenters. The smallest absolute Gasteiger partial charge is 0.167 e. The number of benzene rings is 1. The van der Waals surface area contributed by atoms with Crippen LogP contribution >= 0.6 is 0 Å². The van der Waals surface area contributed by atoms with Gasteiger partial charge in [0.1, 0.15) is 0 Å². The number of Topliss-reactive ketones (excluding diaryl/α,β-unsaturated/α-hetero) is 1. The van der Waals surface area contributed by atoms with E-state index in [-0.39, 0.29) is 5.78 Å². The Morgan fingerprint density at radius 1 is 1.20 bits per heavy atom. The molecule has 0 aliphatic carbocycles. The van der Waals surface area contributed by atoms with Gasteiger partial charge in [-0.1, -0.05) is 48.6 Å². The maximum atomic E-state index is 11.8. The SMILES string of the molecule is C/C=C\C(=C/C)CC(=O)c1ccccc1. The number of ketones is 1. The number of carbonyl (C=O) groups is 1. The fraction of sp³-hybridized carbons (Fsp3) is 0.214. The summed E-state index contributed by atoms with van der Waals surface area (Å²) in [6.45, 7) is 3.91. The Balaban J connectivity index is 2.72. The van der Waals surface area contributed by atoms with Crippen LogP contribution in [0.4, 0.5) is 0 Å². The van der Waals surface area contributed by atoms with Crippen LogP contribution in [0.15, 0.2) is 54.1 Å². The molecule has 0 bridgehead atoms. The Kier molecular flexibility index (Phi) is 4.55. The molecule has 0 aromatic heterocycles. The van der Waals surface area contributed by atoms with Gasteiger partial charge in [0.2, 0.25) is 0 Å². The molecule has 0 aliphatic rings. The van der Waals surface area contributed by atoms with Crippen LogP contribution in [0, 0.1) is 0 Å². The topological polar surface area (TPSA) is 17.1 Å². The van der Waals surface area contributed by atoms with Crippen molar-refractivity contribution in [3.63, 3.8) is 0 Å². The van der Waals surface area contributed by atoms with E-state index in [9.17, 15) is 4.79 Å². The average Bonchev–Trinajstić information content (AvgIpc) is 2.29. The summed E-state index contributed by atoms with van der Waals surface area (Å²) in [6, 6.07) is 9.40. The summed E-state index contributed by atoms with van der Waals surface area (Å²) in [5.41, 5.74) is 1.84. The molecule has 0 N–H and O–H groups in total. The molecule has 0 aliphatic heterocycles. The van der Waals surface area contributed by atoms with Crippen molar-refractivity contribution in [1.29, 1.82) is 0 Å². The highest BCUT2D eigenvalue weighted by molar-refractivity contribution is 5.97. The Labute approximate surface area is 91.1 Å². The summed E-state index contributed by atoms with van der Waals surface area (Å²) >= 11 is 0. The molecule has 1 aromatic carbocycles. The molecule has 1 nitrogen and oxygen atoms in total. The molecule has 1 heteroatoms. The van der Waals surface area contributed by atoms with Gasteiger partial charge in [-0.15, -0.1) is 0 Å². The quantitative estimate of drug-likeness (QED) is 0.534. The first-order valence-corrected chi connectivity index (χ1v) is 5.14. The zero-order valence-electron chi connectivity index (χ0n) is 9.23. The molecule has 1 aromatic rings. The molecule has 1 rings (SSSR count). The zero-order chi connectivity index (χ0) is 11.1. The molecule has 0 unspecified atom stereocenters. The summed E-state index contributed by atoms with van der Waals surface area (Å²) in [5.74, 6) is 0.168. The first-order valence-electron chi connectivity index (χ1n) is 5.14. The van der Waals surface area contributed by atoms with Crippen LogP contribution in [0.3, 0.4) is 0 Å². The number of carbonyl (C=O) groups excluding carboxylic acids is 1. The van der Waals surface area contributed by atoms with Crippen LogP contribution < -0.4 is 0 Å². The fourth-order valence-electron chi connectivity index (χ4n) is 1.38. The van der Waals surface area contributed by atoms with E-state index in [1.807, 2.05) is 62.4 Å². The van der Waals surface area contributed by atoms with Crippen molar-refractivity contribution in [3.05, 3.63) is 59.7 Å². The molecule has 15 heavy (non-hydrogen) atoms. The first kappa shape index (κ1) is 11.4. The fourth-order valence-corrected chi connectivity index (χ4v) is 1.38. The third kappa shape index (κ3) is 3.55. The van der Waals surface area contributed by atoms with Crippen LogP contribution in [0.1, 0.15) is 30.6 Å². The molecule has 0 fully saturated rings. The van der Waals surface area contributed by atoms with E-state index >= 15 is 0 Å². The van der Waals surface area contributed by atoms with Crippen molar-refractivity contribution < 1.29 is 4.79 Å². The Morgan fingerprint density at radius 3 is 2.40 bits per heavy atom. The largest absolute Gasteiger partial charge is 0.294 e. The molecule has 0 radical (unpaired) electrons. The van der Waals surface area contributed by atoms with Gasteiger partial charge in [-0.25, -0.2) is 0 Å². The summed E-state index contributed by atoms with van der Waals surface area (Å²) in [7, 11) is 0. The van der Waals surface area contributed by atoms with E-state index in [2.05, 4.69) is 0 Å². The Hall–Kier alpha value is -1.63. The Bertz CT molecular complexity index is 372. The molecule has 0 saturated carbocycles. The van der Waals surface area contributed by atoms with Crippen LogP contribution in [-0.2, 0) is 0 Å². The zero-order valence-corrected chi connectivity index (χ0v) is 9.23.